The first kappa shape index (κ1) is 23.1. The van der Waals surface area contributed by atoms with Gasteiger partial charge in [-0.3, -0.25) is 0 Å². The van der Waals surface area contributed by atoms with Gasteiger partial charge in [0.2, 0.25) is 0 Å². The Morgan fingerprint density at radius 3 is 1.60 bits per heavy atom. The van der Waals surface area contributed by atoms with Crippen molar-refractivity contribution >= 4 is 54.5 Å². The predicted octanol–water partition coefficient (Wildman–Crippen LogP) is 11.6. The Bertz CT molecular complexity index is 2380. The van der Waals surface area contributed by atoms with Gasteiger partial charge in [0.15, 0.2) is 0 Å². The molecule has 42 heavy (non-hydrogen) atoms. The zero-order valence-corrected chi connectivity index (χ0v) is 22.7. The minimum atomic E-state index is 0.844. The molecule has 0 saturated carbocycles. The Kier molecular flexibility index (Phi) is 4.93. The average Bonchev–Trinajstić information content (AvgIpc) is 3.69. The van der Waals surface area contributed by atoms with Gasteiger partial charge >= 0.3 is 0 Å². The molecule has 0 aliphatic carbocycles. The van der Waals surface area contributed by atoms with E-state index >= 15 is 0 Å². The molecule has 196 valence electrons. The fourth-order valence-corrected chi connectivity index (χ4v) is 6.69. The molecule has 9 aromatic rings. The molecule has 0 atom stereocenters. The van der Waals surface area contributed by atoms with Crippen LogP contribution in [0.3, 0.4) is 0 Å². The van der Waals surface area contributed by atoms with E-state index in [2.05, 4.69) is 121 Å². The van der Waals surface area contributed by atoms with Crippen molar-refractivity contribution in [3.63, 3.8) is 0 Å². The minimum Gasteiger partial charge on any atom is -0.464 e. The quantitative estimate of drug-likeness (QED) is 0.210. The average molecular weight is 537 g/mol. The molecule has 0 bridgehead atoms. The van der Waals surface area contributed by atoms with Gasteiger partial charge in [-0.1, -0.05) is 121 Å². The summed E-state index contributed by atoms with van der Waals surface area (Å²) in [6, 6.07) is 49.6. The van der Waals surface area contributed by atoms with E-state index in [-0.39, 0.29) is 0 Å². The van der Waals surface area contributed by atoms with E-state index in [1.807, 2.05) is 18.2 Å². The molecule has 0 fully saturated rings. The first-order chi connectivity index (χ1) is 20.8. The van der Waals surface area contributed by atoms with Crippen molar-refractivity contribution in [2.75, 3.05) is 0 Å². The molecule has 0 amide bonds. The summed E-state index contributed by atoms with van der Waals surface area (Å²) in [5, 5.41) is 8.04. The molecule has 2 heteroatoms. The van der Waals surface area contributed by atoms with Crippen molar-refractivity contribution in [1.82, 2.24) is 0 Å². The highest BCUT2D eigenvalue weighted by molar-refractivity contribution is 6.26. The van der Waals surface area contributed by atoms with Crippen molar-refractivity contribution in [2.24, 2.45) is 0 Å². The van der Waals surface area contributed by atoms with Crippen LogP contribution < -0.4 is 0 Å². The van der Waals surface area contributed by atoms with Crippen LogP contribution in [0.4, 0.5) is 0 Å². The van der Waals surface area contributed by atoms with E-state index < -0.39 is 0 Å². The molecule has 0 unspecified atom stereocenters. The maximum Gasteiger partial charge on any atom is 0.146 e. The van der Waals surface area contributed by atoms with Gasteiger partial charge < -0.3 is 8.83 Å². The lowest BCUT2D eigenvalue weighted by Gasteiger charge is -2.18. The van der Waals surface area contributed by atoms with Crippen molar-refractivity contribution in [2.45, 2.75) is 0 Å². The van der Waals surface area contributed by atoms with Gasteiger partial charge in [0.05, 0.1) is 11.6 Å². The van der Waals surface area contributed by atoms with E-state index in [1.54, 1.807) is 6.26 Å². The minimum absolute atomic E-state index is 0.844. The van der Waals surface area contributed by atoms with Gasteiger partial charge in [0.1, 0.15) is 16.7 Å². The molecule has 0 aliphatic heterocycles. The summed E-state index contributed by atoms with van der Waals surface area (Å²) in [6.07, 6.45) is 1.77. The monoisotopic (exact) mass is 536 g/mol. The third kappa shape index (κ3) is 3.33. The molecule has 2 heterocycles. The molecule has 2 nitrogen and oxygen atoms in total. The molecular formula is C40H24O2. The van der Waals surface area contributed by atoms with Crippen LogP contribution in [0.15, 0.2) is 155 Å². The second-order valence-electron chi connectivity index (χ2n) is 10.8. The lowest BCUT2D eigenvalue weighted by atomic mass is 9.85. The Morgan fingerprint density at radius 1 is 0.357 bits per heavy atom. The topological polar surface area (TPSA) is 26.3 Å². The number of furan rings is 2. The highest BCUT2D eigenvalue weighted by atomic mass is 16.3. The number of hydrogen-bond donors (Lipinski definition) is 0. The number of benzene rings is 7. The molecule has 0 N–H and O–H groups in total. The summed E-state index contributed by atoms with van der Waals surface area (Å²) in [5.41, 5.74) is 9.73. The summed E-state index contributed by atoms with van der Waals surface area (Å²) < 4.78 is 12.6. The van der Waals surface area contributed by atoms with Crippen molar-refractivity contribution < 1.29 is 8.83 Å². The van der Waals surface area contributed by atoms with Crippen LogP contribution in [-0.2, 0) is 0 Å². The molecule has 0 saturated heterocycles. The van der Waals surface area contributed by atoms with Crippen molar-refractivity contribution in [3.05, 3.63) is 146 Å². The predicted molar refractivity (Wildman–Crippen MR) is 175 cm³/mol. The van der Waals surface area contributed by atoms with Gasteiger partial charge in [0, 0.05) is 21.9 Å². The summed E-state index contributed by atoms with van der Waals surface area (Å²) in [5.74, 6) is 0. The second kappa shape index (κ2) is 8.95. The largest absolute Gasteiger partial charge is 0.464 e. The molecule has 0 spiro atoms. The fraction of sp³-hybridized carbons (Fsp3) is 0. The lowest BCUT2D eigenvalue weighted by molar-refractivity contribution is 0.616. The first-order valence-electron chi connectivity index (χ1n) is 14.3. The normalized spacial score (nSPS) is 11.8. The van der Waals surface area contributed by atoms with E-state index in [0.29, 0.717) is 0 Å². The highest BCUT2D eigenvalue weighted by Gasteiger charge is 2.22. The fourth-order valence-electron chi connectivity index (χ4n) is 6.69. The standard InChI is InChI=1S/C40H24O2/c1-2-10-25(11-3-1)26-18-20-27(21-19-26)37-29-13-4-6-15-31(29)38(32-16-7-5-14-30(32)37)35-24-34-28-12-8-9-17-36(28)42-40(34)33-22-23-41-39(33)35/h1-24H. The third-order valence-electron chi connectivity index (χ3n) is 8.56. The maximum atomic E-state index is 6.35. The molecule has 9 rings (SSSR count). The van der Waals surface area contributed by atoms with Gasteiger partial charge in [-0.2, -0.15) is 0 Å². The summed E-state index contributed by atoms with van der Waals surface area (Å²) >= 11 is 0. The highest BCUT2D eigenvalue weighted by Crippen LogP contribution is 2.47. The van der Waals surface area contributed by atoms with Crippen molar-refractivity contribution in [1.29, 1.82) is 0 Å². The van der Waals surface area contributed by atoms with Crippen LogP contribution in [-0.4, -0.2) is 0 Å². The number of rotatable bonds is 3. The maximum absolute atomic E-state index is 6.35. The van der Waals surface area contributed by atoms with E-state index in [1.165, 1.54) is 49.4 Å². The van der Waals surface area contributed by atoms with Gasteiger partial charge in [-0.25, -0.2) is 0 Å². The Hall–Kier alpha value is -5.60. The van der Waals surface area contributed by atoms with Gasteiger partial charge in [-0.15, -0.1) is 0 Å². The van der Waals surface area contributed by atoms with Crippen LogP contribution in [0.25, 0.3) is 87.8 Å². The zero-order chi connectivity index (χ0) is 27.6. The Morgan fingerprint density at radius 2 is 0.905 bits per heavy atom. The zero-order valence-electron chi connectivity index (χ0n) is 22.7. The van der Waals surface area contributed by atoms with Crippen molar-refractivity contribution in [3.8, 4) is 33.4 Å². The van der Waals surface area contributed by atoms with E-state index in [0.717, 1.165) is 38.5 Å². The van der Waals surface area contributed by atoms with Crippen LogP contribution in [0.2, 0.25) is 0 Å². The van der Waals surface area contributed by atoms with Gasteiger partial charge in [-0.05, 0) is 62.0 Å². The number of para-hydroxylation sites is 1. The van der Waals surface area contributed by atoms with Crippen LogP contribution in [0.5, 0.6) is 0 Å². The molecular weight excluding hydrogens is 512 g/mol. The van der Waals surface area contributed by atoms with Crippen LogP contribution >= 0.6 is 0 Å². The Balaban J connectivity index is 1.37. The van der Waals surface area contributed by atoms with Gasteiger partial charge in [0.25, 0.3) is 0 Å². The summed E-state index contributed by atoms with van der Waals surface area (Å²) in [4.78, 5) is 0. The number of fused-ring (bicyclic) bond motifs is 7. The second-order valence-corrected chi connectivity index (χ2v) is 10.8. The van der Waals surface area contributed by atoms with E-state index in [4.69, 9.17) is 8.83 Å². The molecule has 0 radical (unpaired) electrons. The molecule has 0 aliphatic rings. The summed E-state index contributed by atoms with van der Waals surface area (Å²) in [6.45, 7) is 0. The Labute approximate surface area is 242 Å². The first-order valence-corrected chi connectivity index (χ1v) is 14.3. The third-order valence-corrected chi connectivity index (χ3v) is 8.56. The number of hydrogen-bond acceptors (Lipinski definition) is 2. The SMILES string of the molecule is c1ccc(-c2ccc(-c3c4ccccc4c(-c4cc5c6ccccc6oc5c5ccoc45)c4ccccc34)cc2)cc1. The van der Waals surface area contributed by atoms with Crippen LogP contribution in [0.1, 0.15) is 0 Å². The smallest absolute Gasteiger partial charge is 0.146 e. The van der Waals surface area contributed by atoms with Crippen LogP contribution in [0, 0.1) is 0 Å². The molecule has 7 aromatic carbocycles. The lowest BCUT2D eigenvalue weighted by Crippen LogP contribution is -1.91. The molecule has 2 aromatic heterocycles. The van der Waals surface area contributed by atoms with E-state index in [9.17, 15) is 0 Å². The summed E-state index contributed by atoms with van der Waals surface area (Å²) in [7, 11) is 0.